The summed E-state index contributed by atoms with van der Waals surface area (Å²) in [5.41, 5.74) is 2.28. The summed E-state index contributed by atoms with van der Waals surface area (Å²) >= 11 is 19.1. The number of fused-ring (bicyclic) bond motifs is 1. The van der Waals surface area contributed by atoms with Gasteiger partial charge < -0.3 is 9.88 Å². The van der Waals surface area contributed by atoms with Crippen molar-refractivity contribution in [2.24, 2.45) is 0 Å². The highest BCUT2D eigenvalue weighted by atomic mass is 35.5. The minimum Gasteiger partial charge on any atom is -0.310 e. The summed E-state index contributed by atoms with van der Waals surface area (Å²) in [5.74, 6) is 0.425. The van der Waals surface area contributed by atoms with Crippen LogP contribution < -0.4 is 10.3 Å². The van der Waals surface area contributed by atoms with E-state index < -0.39 is 10.0 Å². The third kappa shape index (κ3) is 6.89. The number of nitrogens with one attached hydrogen (secondary N) is 2. The predicted molar refractivity (Wildman–Crippen MR) is 166 cm³/mol. The Morgan fingerprint density at radius 1 is 1.05 bits per heavy atom. The van der Waals surface area contributed by atoms with E-state index in [2.05, 4.69) is 19.7 Å². The summed E-state index contributed by atoms with van der Waals surface area (Å²) in [7, 11) is -3.45. The van der Waals surface area contributed by atoms with Crippen LogP contribution in [-0.4, -0.2) is 58.5 Å². The Labute approximate surface area is 253 Å². The molecule has 1 saturated heterocycles. The number of nitrogens with zero attached hydrogens (tertiary/aromatic N) is 4. The van der Waals surface area contributed by atoms with E-state index in [9.17, 15) is 13.2 Å². The summed E-state index contributed by atoms with van der Waals surface area (Å²) in [6.45, 7) is 6.77. The van der Waals surface area contributed by atoms with Gasteiger partial charge in [-0.15, -0.1) is 0 Å². The number of aromatic nitrogens is 4. The van der Waals surface area contributed by atoms with Crippen LogP contribution in [0.25, 0.3) is 16.7 Å². The van der Waals surface area contributed by atoms with Crippen LogP contribution in [-0.2, 0) is 16.4 Å². The Bertz CT molecular complexity index is 1710. The molecule has 0 unspecified atom stereocenters. The summed E-state index contributed by atoms with van der Waals surface area (Å²) in [6, 6.07) is 10.1. The first-order chi connectivity index (χ1) is 19.5. The molecule has 2 aromatic heterocycles. The number of sulfonamides is 1. The molecule has 1 aliphatic rings. The molecule has 13 heteroatoms. The van der Waals surface area contributed by atoms with Crippen molar-refractivity contribution in [1.29, 1.82) is 0 Å². The second kappa shape index (κ2) is 12.3. The molecule has 0 bridgehead atoms. The van der Waals surface area contributed by atoms with E-state index in [4.69, 9.17) is 39.8 Å². The SMILES string of the molecule is CC(C)c1nn(-c2c(Cl)cc(Cl)cc2Cl)c2nc(Cc3ccc(NS(=O)(=O)CCCN4CCCC4)cc3)[nH]c(=O)c12. The van der Waals surface area contributed by atoms with Crippen LogP contribution in [0.15, 0.2) is 41.2 Å². The second-order valence-electron chi connectivity index (χ2n) is 10.6. The lowest BCUT2D eigenvalue weighted by atomic mass is 10.1. The zero-order valence-corrected chi connectivity index (χ0v) is 25.8. The van der Waals surface area contributed by atoms with Gasteiger partial charge in [0.05, 0.1) is 21.5 Å². The number of hydrogen-bond acceptors (Lipinski definition) is 6. The van der Waals surface area contributed by atoms with Crippen molar-refractivity contribution >= 4 is 61.5 Å². The molecule has 4 aromatic rings. The van der Waals surface area contributed by atoms with Gasteiger partial charge in [0.15, 0.2) is 5.65 Å². The third-order valence-corrected chi connectivity index (χ3v) is 9.21. The molecule has 0 saturated carbocycles. The van der Waals surface area contributed by atoms with E-state index in [1.54, 1.807) is 36.4 Å². The van der Waals surface area contributed by atoms with Gasteiger partial charge in [0.2, 0.25) is 10.0 Å². The molecular formula is C28H31Cl3N6O3S. The first-order valence-corrected chi connectivity index (χ1v) is 16.3. The maximum atomic E-state index is 13.2. The lowest BCUT2D eigenvalue weighted by Crippen LogP contribution is -2.24. The van der Waals surface area contributed by atoms with Crippen LogP contribution in [0, 0.1) is 0 Å². The van der Waals surface area contributed by atoms with Crippen LogP contribution in [0.2, 0.25) is 15.1 Å². The van der Waals surface area contributed by atoms with Crippen LogP contribution in [0.3, 0.4) is 0 Å². The highest BCUT2D eigenvalue weighted by Gasteiger charge is 2.23. The van der Waals surface area contributed by atoms with Gasteiger partial charge in [-0.2, -0.15) is 5.10 Å². The van der Waals surface area contributed by atoms with Crippen molar-refractivity contribution < 1.29 is 8.42 Å². The van der Waals surface area contributed by atoms with Crippen molar-refractivity contribution in [3.05, 3.63) is 78.9 Å². The molecule has 41 heavy (non-hydrogen) atoms. The van der Waals surface area contributed by atoms with E-state index in [1.165, 1.54) is 17.5 Å². The Morgan fingerprint density at radius 2 is 1.71 bits per heavy atom. The van der Waals surface area contributed by atoms with Crippen LogP contribution >= 0.6 is 34.8 Å². The molecule has 0 atom stereocenters. The van der Waals surface area contributed by atoms with Gasteiger partial charge in [0, 0.05) is 17.1 Å². The van der Waals surface area contributed by atoms with E-state index in [0.29, 0.717) is 51.8 Å². The molecule has 218 valence electrons. The van der Waals surface area contributed by atoms with E-state index in [0.717, 1.165) is 25.2 Å². The van der Waals surface area contributed by atoms with Gasteiger partial charge >= 0.3 is 0 Å². The standard InChI is InChI=1S/C28H31Cl3N6O3S/c1-17(2)25-24-27(37(34-25)26-21(30)15-19(29)16-22(26)31)32-23(33-28(24)38)14-18-6-8-20(9-7-18)35-41(39,40)13-5-12-36-10-3-4-11-36/h6-9,15-17,35H,3-5,10-14H2,1-2H3,(H,32,33,38). The fourth-order valence-electron chi connectivity index (χ4n) is 5.08. The van der Waals surface area contributed by atoms with Crippen LogP contribution in [0.1, 0.15) is 56.1 Å². The predicted octanol–water partition coefficient (Wildman–Crippen LogP) is 6.01. The van der Waals surface area contributed by atoms with E-state index in [-0.39, 0.29) is 27.3 Å². The van der Waals surface area contributed by atoms with Crippen LogP contribution in [0.5, 0.6) is 0 Å². The zero-order valence-electron chi connectivity index (χ0n) is 22.8. The number of halogens is 3. The number of hydrogen-bond donors (Lipinski definition) is 2. The summed E-state index contributed by atoms with van der Waals surface area (Å²) < 4.78 is 29.3. The highest BCUT2D eigenvalue weighted by Crippen LogP contribution is 2.34. The van der Waals surface area contributed by atoms with Crippen molar-refractivity contribution in [3.8, 4) is 5.69 Å². The first kappa shape index (κ1) is 29.8. The molecule has 3 heterocycles. The average molecular weight is 638 g/mol. The largest absolute Gasteiger partial charge is 0.310 e. The lowest BCUT2D eigenvalue weighted by Gasteiger charge is -2.14. The summed E-state index contributed by atoms with van der Waals surface area (Å²) in [4.78, 5) is 23.2. The first-order valence-electron chi connectivity index (χ1n) is 13.5. The van der Waals surface area contributed by atoms with Gasteiger partial charge in [-0.3, -0.25) is 9.52 Å². The van der Waals surface area contributed by atoms with Crippen molar-refractivity contribution in [2.45, 2.75) is 45.4 Å². The molecule has 5 rings (SSSR count). The van der Waals surface area contributed by atoms with E-state index in [1.807, 2.05) is 13.8 Å². The Balaban J connectivity index is 1.37. The topological polar surface area (TPSA) is 113 Å². The number of anilines is 1. The number of benzene rings is 2. The maximum absolute atomic E-state index is 13.2. The Morgan fingerprint density at radius 3 is 2.34 bits per heavy atom. The number of rotatable bonds is 10. The van der Waals surface area contributed by atoms with E-state index >= 15 is 0 Å². The Kier molecular flexibility index (Phi) is 8.96. The minimum atomic E-state index is -3.45. The monoisotopic (exact) mass is 636 g/mol. The molecule has 0 aliphatic carbocycles. The molecular weight excluding hydrogens is 607 g/mol. The molecule has 0 amide bonds. The summed E-state index contributed by atoms with van der Waals surface area (Å²) in [5, 5.41) is 5.96. The summed E-state index contributed by atoms with van der Waals surface area (Å²) in [6.07, 6.45) is 3.26. The van der Waals surface area contributed by atoms with Gasteiger partial charge in [-0.25, -0.2) is 18.1 Å². The number of H-pyrrole nitrogens is 1. The molecule has 0 radical (unpaired) electrons. The normalized spacial score (nSPS) is 14.4. The maximum Gasteiger partial charge on any atom is 0.262 e. The fraction of sp³-hybridized carbons (Fsp3) is 0.393. The minimum absolute atomic E-state index is 0.0612. The Hall–Kier alpha value is -2.63. The van der Waals surface area contributed by atoms with Crippen LogP contribution in [0.4, 0.5) is 5.69 Å². The van der Waals surface area contributed by atoms with Gasteiger partial charge in [-0.1, -0.05) is 60.8 Å². The second-order valence-corrected chi connectivity index (χ2v) is 13.7. The van der Waals surface area contributed by atoms with Crippen molar-refractivity contribution in [2.75, 3.05) is 30.1 Å². The highest BCUT2D eigenvalue weighted by molar-refractivity contribution is 7.92. The zero-order chi connectivity index (χ0) is 29.3. The average Bonchev–Trinajstić information content (AvgIpc) is 3.53. The molecule has 9 nitrogen and oxygen atoms in total. The van der Waals surface area contributed by atoms with Crippen molar-refractivity contribution in [3.63, 3.8) is 0 Å². The molecule has 2 aromatic carbocycles. The van der Waals surface area contributed by atoms with Gasteiger partial charge in [0.25, 0.3) is 5.56 Å². The number of likely N-dealkylation sites (tertiary alicyclic amines) is 1. The fourth-order valence-corrected chi connectivity index (χ4v) is 7.16. The smallest absolute Gasteiger partial charge is 0.262 e. The molecule has 1 aliphatic heterocycles. The van der Waals surface area contributed by atoms with Crippen molar-refractivity contribution in [1.82, 2.24) is 24.6 Å². The number of aromatic amines is 1. The molecule has 1 fully saturated rings. The van der Waals surface area contributed by atoms with Gasteiger partial charge in [-0.05, 0) is 74.6 Å². The molecule has 0 spiro atoms. The van der Waals surface area contributed by atoms with Gasteiger partial charge in [0.1, 0.15) is 16.9 Å². The third-order valence-electron chi connectivity index (χ3n) is 7.04. The molecule has 2 N–H and O–H groups in total. The quantitative estimate of drug-likeness (QED) is 0.220. The lowest BCUT2D eigenvalue weighted by molar-refractivity contribution is 0.340.